The zero-order valence-corrected chi connectivity index (χ0v) is 13.1. The molecule has 2 aromatic carbocycles. The molecule has 0 amide bonds. The highest BCUT2D eigenvalue weighted by Gasteiger charge is 2.28. The van der Waals surface area contributed by atoms with Crippen LogP contribution in [0, 0.1) is 5.92 Å². The Balaban J connectivity index is 1.81. The molecule has 22 heavy (non-hydrogen) atoms. The Morgan fingerprint density at radius 2 is 1.50 bits per heavy atom. The van der Waals surface area contributed by atoms with Crippen molar-refractivity contribution in [2.24, 2.45) is 5.92 Å². The molecule has 1 heterocycles. The zero-order chi connectivity index (χ0) is 15.2. The smallest absolute Gasteiger partial charge is 0.0653 e. The van der Waals surface area contributed by atoms with Crippen molar-refractivity contribution in [2.45, 2.75) is 37.5 Å². The minimum atomic E-state index is 0.432. The molecule has 0 saturated carbocycles. The Bertz CT molecular complexity index is 507. The molecule has 3 rings (SSSR count). The summed E-state index contributed by atoms with van der Waals surface area (Å²) in [5.74, 6) is 1.18. The number of piperidine rings is 1. The second-order valence-corrected chi connectivity index (χ2v) is 6.33. The lowest BCUT2D eigenvalue weighted by atomic mass is 9.78. The van der Waals surface area contributed by atoms with E-state index in [1.807, 2.05) is 0 Å². The van der Waals surface area contributed by atoms with E-state index in [0.717, 1.165) is 25.2 Å². The maximum atomic E-state index is 5.71. The third-order valence-electron chi connectivity index (χ3n) is 4.85. The molecule has 0 aliphatic carbocycles. The predicted octanol–water partition coefficient (Wildman–Crippen LogP) is 4.16. The molecular formula is C20H24BN. The highest BCUT2D eigenvalue weighted by Crippen LogP contribution is 2.33. The fourth-order valence-corrected chi connectivity index (χ4v) is 3.68. The fraction of sp³-hybridized carbons (Fsp3) is 0.400. The van der Waals surface area contributed by atoms with Crippen LogP contribution in [-0.2, 0) is 0 Å². The second-order valence-electron chi connectivity index (χ2n) is 6.33. The SMILES string of the molecule is [B]CCC1CCC(C(c2ccccc2)c2ccccc2)NC1. The van der Waals surface area contributed by atoms with Crippen molar-refractivity contribution in [1.29, 1.82) is 0 Å². The van der Waals surface area contributed by atoms with Crippen LogP contribution in [0.5, 0.6) is 0 Å². The number of rotatable bonds is 5. The van der Waals surface area contributed by atoms with Crippen LogP contribution in [0.25, 0.3) is 0 Å². The highest BCUT2D eigenvalue weighted by molar-refractivity contribution is 6.08. The van der Waals surface area contributed by atoms with E-state index in [2.05, 4.69) is 66.0 Å². The van der Waals surface area contributed by atoms with E-state index in [9.17, 15) is 0 Å². The average molecular weight is 289 g/mol. The molecule has 0 aromatic heterocycles. The topological polar surface area (TPSA) is 12.0 Å². The molecule has 2 radical (unpaired) electrons. The lowest BCUT2D eigenvalue weighted by Gasteiger charge is -2.35. The number of hydrogen-bond donors (Lipinski definition) is 1. The minimum Gasteiger partial charge on any atom is -0.313 e. The molecule has 2 aromatic rings. The van der Waals surface area contributed by atoms with Crippen molar-refractivity contribution in [3.8, 4) is 0 Å². The van der Waals surface area contributed by atoms with Gasteiger partial charge in [0.15, 0.2) is 0 Å². The lowest BCUT2D eigenvalue weighted by molar-refractivity contribution is 0.288. The average Bonchev–Trinajstić information content (AvgIpc) is 2.59. The normalized spacial score (nSPS) is 21.9. The summed E-state index contributed by atoms with van der Waals surface area (Å²) in [6.45, 7) is 1.10. The Morgan fingerprint density at radius 3 is 1.95 bits per heavy atom. The number of benzene rings is 2. The first kappa shape index (κ1) is 15.4. The lowest BCUT2D eigenvalue weighted by Crippen LogP contribution is -2.43. The van der Waals surface area contributed by atoms with E-state index < -0.39 is 0 Å². The molecule has 2 heteroatoms. The van der Waals surface area contributed by atoms with Crippen LogP contribution in [0.3, 0.4) is 0 Å². The van der Waals surface area contributed by atoms with Gasteiger partial charge in [-0.2, -0.15) is 0 Å². The quantitative estimate of drug-likeness (QED) is 0.815. The van der Waals surface area contributed by atoms with Gasteiger partial charge in [-0.25, -0.2) is 0 Å². The van der Waals surface area contributed by atoms with E-state index in [4.69, 9.17) is 7.85 Å². The van der Waals surface area contributed by atoms with Crippen LogP contribution < -0.4 is 5.32 Å². The molecule has 1 fully saturated rings. The zero-order valence-electron chi connectivity index (χ0n) is 13.1. The third-order valence-corrected chi connectivity index (χ3v) is 4.85. The molecule has 1 aliphatic rings. The van der Waals surface area contributed by atoms with Crippen LogP contribution in [0.2, 0.25) is 6.32 Å². The summed E-state index contributed by atoms with van der Waals surface area (Å²) in [4.78, 5) is 0. The molecule has 112 valence electrons. The molecule has 1 saturated heterocycles. The van der Waals surface area contributed by atoms with E-state index in [1.54, 1.807) is 0 Å². The Morgan fingerprint density at radius 1 is 0.909 bits per heavy atom. The van der Waals surface area contributed by atoms with Gasteiger partial charge in [0, 0.05) is 12.0 Å². The largest absolute Gasteiger partial charge is 0.313 e. The van der Waals surface area contributed by atoms with Crippen LogP contribution in [0.1, 0.15) is 36.3 Å². The number of nitrogens with one attached hydrogen (secondary N) is 1. The van der Waals surface area contributed by atoms with Gasteiger partial charge in [0.05, 0.1) is 7.85 Å². The van der Waals surface area contributed by atoms with Gasteiger partial charge in [0.2, 0.25) is 0 Å². The minimum absolute atomic E-state index is 0.432. The van der Waals surface area contributed by atoms with Crippen molar-refractivity contribution >= 4 is 7.85 Å². The van der Waals surface area contributed by atoms with Gasteiger partial charge in [0.1, 0.15) is 0 Å². The van der Waals surface area contributed by atoms with E-state index in [1.165, 1.54) is 24.0 Å². The molecule has 1 N–H and O–H groups in total. The maximum Gasteiger partial charge on any atom is 0.0653 e. The molecule has 1 nitrogen and oxygen atoms in total. The number of hydrogen-bond acceptors (Lipinski definition) is 1. The molecule has 1 aliphatic heterocycles. The van der Waals surface area contributed by atoms with Crippen molar-refractivity contribution in [2.75, 3.05) is 6.54 Å². The van der Waals surface area contributed by atoms with Gasteiger partial charge in [-0.3, -0.25) is 0 Å². The van der Waals surface area contributed by atoms with Crippen LogP contribution in [0.15, 0.2) is 60.7 Å². The van der Waals surface area contributed by atoms with Gasteiger partial charge in [-0.1, -0.05) is 73.4 Å². The van der Waals surface area contributed by atoms with Crippen LogP contribution in [0.4, 0.5) is 0 Å². The van der Waals surface area contributed by atoms with Crippen molar-refractivity contribution in [1.82, 2.24) is 5.32 Å². The monoisotopic (exact) mass is 289 g/mol. The van der Waals surface area contributed by atoms with Crippen molar-refractivity contribution in [3.63, 3.8) is 0 Å². The van der Waals surface area contributed by atoms with Gasteiger partial charge < -0.3 is 5.32 Å². The second kappa shape index (κ2) is 7.64. The van der Waals surface area contributed by atoms with Gasteiger partial charge in [-0.05, 0) is 36.4 Å². The van der Waals surface area contributed by atoms with Gasteiger partial charge in [0.25, 0.3) is 0 Å². The summed E-state index contributed by atoms with van der Waals surface area (Å²) in [7, 11) is 5.71. The Labute approximate surface area is 135 Å². The summed E-state index contributed by atoms with van der Waals surface area (Å²) in [6, 6.07) is 22.3. The molecular weight excluding hydrogens is 265 g/mol. The van der Waals surface area contributed by atoms with Gasteiger partial charge in [-0.15, -0.1) is 0 Å². The Kier molecular flexibility index (Phi) is 5.34. The van der Waals surface area contributed by atoms with Crippen LogP contribution >= 0.6 is 0 Å². The molecule has 0 spiro atoms. The summed E-state index contributed by atoms with van der Waals surface area (Å²) in [5, 5.41) is 3.80. The highest BCUT2D eigenvalue weighted by atomic mass is 14.9. The van der Waals surface area contributed by atoms with E-state index in [-0.39, 0.29) is 0 Å². The fourth-order valence-electron chi connectivity index (χ4n) is 3.68. The molecule has 2 atom stereocenters. The Hall–Kier alpha value is -1.54. The standard InChI is InChI=1S/C20H24BN/c21-14-13-16-11-12-19(22-15-16)20(17-7-3-1-4-8-17)18-9-5-2-6-10-18/h1-10,16,19-20,22H,11-15H2. The van der Waals surface area contributed by atoms with Crippen molar-refractivity contribution < 1.29 is 0 Å². The molecule has 0 bridgehead atoms. The predicted molar refractivity (Wildman–Crippen MR) is 94.4 cm³/mol. The van der Waals surface area contributed by atoms with Gasteiger partial charge >= 0.3 is 0 Å². The maximum absolute atomic E-state index is 5.71. The summed E-state index contributed by atoms with van der Waals surface area (Å²) >= 11 is 0. The van der Waals surface area contributed by atoms with Crippen LogP contribution in [-0.4, -0.2) is 20.4 Å². The summed E-state index contributed by atoms with van der Waals surface area (Å²) in [6.07, 6.45) is 4.45. The van der Waals surface area contributed by atoms with E-state index in [0.29, 0.717) is 12.0 Å². The van der Waals surface area contributed by atoms with Crippen molar-refractivity contribution in [3.05, 3.63) is 71.8 Å². The van der Waals surface area contributed by atoms with E-state index >= 15 is 0 Å². The third kappa shape index (κ3) is 3.62. The first-order chi connectivity index (χ1) is 10.9. The first-order valence-electron chi connectivity index (χ1n) is 8.42. The molecule has 2 unspecified atom stereocenters. The first-order valence-corrected chi connectivity index (χ1v) is 8.42. The summed E-state index contributed by atoms with van der Waals surface area (Å²) in [5.41, 5.74) is 2.81. The summed E-state index contributed by atoms with van der Waals surface area (Å²) < 4.78 is 0.